The normalized spacial score (nSPS) is 13.6. The van der Waals surface area contributed by atoms with Crippen LogP contribution in [-0.2, 0) is 24.9 Å². The number of nitrogens with zero attached hydrogens (tertiary/aromatic N) is 2. The molecule has 2 aromatic carbocycles. The number of pyridine rings is 1. The number of aryl methyl sites for hydroxylation is 2. The molecule has 6 heteroatoms. The maximum Gasteiger partial charge on any atom is 0.273 e. The smallest absolute Gasteiger partial charge is 0.273 e. The molecule has 0 unspecified atom stereocenters. The van der Waals surface area contributed by atoms with E-state index in [1.54, 1.807) is 0 Å². The number of benzene rings is 2. The van der Waals surface area contributed by atoms with Crippen LogP contribution in [0.2, 0.25) is 0 Å². The second kappa shape index (κ2) is 12.0. The molecule has 0 saturated carbocycles. The minimum absolute atomic E-state index is 0. The standard InChI is InChI=1S/C25H20BN2.C5H8O2.Ir/c1-18-8-7-9-19(2)25(18)26-23-13-12-20(24-11-3-5-14-27-24)16-21(23)17-22-10-4-6-15-28(22)26;1-4(6)3-5(2)7;/h3-11,13-17H,1-2H3;3,6H,1-2H3;/q-1;;/b;4-3-;. The van der Waals surface area contributed by atoms with Crippen molar-refractivity contribution in [1.29, 1.82) is 0 Å². The number of hydrogen-bond acceptors (Lipinski definition) is 4. The summed E-state index contributed by atoms with van der Waals surface area (Å²) in [6.45, 7) is 7.40. The Labute approximate surface area is 227 Å². The number of allylic oxidation sites excluding steroid dienone is 5. The Bertz CT molecular complexity index is 1350. The van der Waals surface area contributed by atoms with Crippen molar-refractivity contribution in [3.8, 4) is 11.3 Å². The number of carbonyl (C=O) groups excluding carboxylic acids is 1. The fourth-order valence-electron chi connectivity index (χ4n) is 4.53. The predicted octanol–water partition coefficient (Wildman–Crippen LogP) is 5.05. The van der Waals surface area contributed by atoms with Crippen molar-refractivity contribution < 1.29 is 30.0 Å². The van der Waals surface area contributed by atoms with Crippen LogP contribution in [0.5, 0.6) is 0 Å². The van der Waals surface area contributed by atoms with E-state index < -0.39 is 0 Å². The summed E-state index contributed by atoms with van der Waals surface area (Å²) in [5, 5.41) is 8.36. The van der Waals surface area contributed by atoms with Crippen molar-refractivity contribution in [2.45, 2.75) is 27.7 Å². The summed E-state index contributed by atoms with van der Waals surface area (Å²) in [6.07, 6.45) is 13.8. The van der Waals surface area contributed by atoms with Crippen LogP contribution < -0.4 is 10.9 Å². The minimum atomic E-state index is -0.125. The topological polar surface area (TPSA) is 53.4 Å². The van der Waals surface area contributed by atoms with Gasteiger partial charge in [-0.1, -0.05) is 59.1 Å². The van der Waals surface area contributed by atoms with E-state index in [2.05, 4.69) is 90.5 Å². The number of carbonyl (C=O) groups is 1. The number of ketones is 1. The van der Waals surface area contributed by atoms with E-state index in [-0.39, 0.29) is 38.5 Å². The van der Waals surface area contributed by atoms with E-state index in [1.165, 1.54) is 53.2 Å². The Morgan fingerprint density at radius 2 is 1.83 bits per heavy atom. The zero-order valence-corrected chi connectivity index (χ0v) is 23.2. The van der Waals surface area contributed by atoms with E-state index in [9.17, 15) is 4.79 Å². The van der Waals surface area contributed by atoms with Crippen molar-refractivity contribution in [3.05, 3.63) is 119 Å². The van der Waals surface area contributed by atoms with Gasteiger partial charge < -0.3 is 14.9 Å². The molecule has 3 heterocycles. The van der Waals surface area contributed by atoms with Crippen molar-refractivity contribution in [1.82, 2.24) is 9.79 Å². The van der Waals surface area contributed by atoms with Crippen LogP contribution in [0.25, 0.3) is 17.3 Å². The molecule has 0 atom stereocenters. The van der Waals surface area contributed by atoms with Crippen LogP contribution in [0.3, 0.4) is 0 Å². The average Bonchev–Trinajstić information content (AvgIpc) is 2.83. The number of rotatable bonds is 3. The molecule has 1 radical (unpaired) electrons. The van der Waals surface area contributed by atoms with Gasteiger partial charge in [0.25, 0.3) is 6.85 Å². The van der Waals surface area contributed by atoms with E-state index in [4.69, 9.17) is 5.11 Å². The molecular weight excluding hydrogens is 623 g/mol. The van der Waals surface area contributed by atoms with Crippen molar-refractivity contribution in [2.24, 2.45) is 0 Å². The Kier molecular flexibility index (Phi) is 9.03. The maximum atomic E-state index is 10.0. The first-order valence-corrected chi connectivity index (χ1v) is 11.6. The Morgan fingerprint density at radius 1 is 1.08 bits per heavy atom. The van der Waals surface area contributed by atoms with Crippen LogP contribution in [0.15, 0.2) is 96.7 Å². The summed E-state index contributed by atoms with van der Waals surface area (Å²) in [7, 11) is 0. The minimum Gasteiger partial charge on any atom is -0.512 e. The van der Waals surface area contributed by atoms with Gasteiger partial charge in [0.2, 0.25) is 0 Å². The van der Waals surface area contributed by atoms with Gasteiger partial charge in [0.1, 0.15) is 0 Å². The van der Waals surface area contributed by atoms with Crippen LogP contribution in [0.4, 0.5) is 0 Å². The first kappa shape index (κ1) is 27.1. The van der Waals surface area contributed by atoms with Crippen LogP contribution in [0.1, 0.15) is 30.5 Å². The summed E-state index contributed by atoms with van der Waals surface area (Å²) in [4.78, 5) is 16.9. The molecule has 2 aliphatic rings. The third-order valence-corrected chi connectivity index (χ3v) is 5.98. The molecule has 0 amide bonds. The number of aliphatic hydroxyl groups excluding tert-OH is 1. The Hall–Kier alpha value is -3.47. The molecule has 5 rings (SSSR count). The number of fused-ring (bicyclic) bond motifs is 2. The van der Waals surface area contributed by atoms with Crippen LogP contribution in [0, 0.1) is 19.9 Å². The predicted molar refractivity (Wildman–Crippen MR) is 145 cm³/mol. The van der Waals surface area contributed by atoms with Gasteiger partial charge in [0.05, 0.1) is 5.76 Å². The second-order valence-electron chi connectivity index (χ2n) is 8.75. The van der Waals surface area contributed by atoms with Gasteiger partial charge in [-0.05, 0) is 57.8 Å². The van der Waals surface area contributed by atoms with Gasteiger partial charge >= 0.3 is 0 Å². The monoisotopic (exact) mass is 652 g/mol. The molecule has 0 saturated heterocycles. The Balaban J connectivity index is 0.000000400. The molecule has 0 aliphatic carbocycles. The largest absolute Gasteiger partial charge is 0.512 e. The van der Waals surface area contributed by atoms with Crippen molar-refractivity contribution >= 4 is 29.6 Å². The number of aliphatic hydroxyl groups is 1. The summed E-state index contributed by atoms with van der Waals surface area (Å²) >= 11 is 0. The van der Waals surface area contributed by atoms with E-state index in [0.717, 1.165) is 11.3 Å². The van der Waals surface area contributed by atoms with Crippen LogP contribution >= 0.6 is 0 Å². The maximum absolute atomic E-state index is 10.0. The number of hydrogen-bond donors (Lipinski definition) is 1. The molecule has 0 spiro atoms. The summed E-state index contributed by atoms with van der Waals surface area (Å²) in [5.41, 5.74) is 9.70. The molecule has 0 fully saturated rings. The van der Waals surface area contributed by atoms with Gasteiger partial charge in [-0.3, -0.25) is 4.79 Å². The molecule has 3 aromatic rings. The van der Waals surface area contributed by atoms with E-state index >= 15 is 0 Å². The van der Waals surface area contributed by atoms with E-state index in [1.807, 2.05) is 24.4 Å². The molecular formula is C30H28BIrN2O2-. The summed E-state index contributed by atoms with van der Waals surface area (Å²) < 4.78 is 0. The first-order chi connectivity index (χ1) is 16.8. The Morgan fingerprint density at radius 3 is 2.44 bits per heavy atom. The van der Waals surface area contributed by atoms with Gasteiger partial charge in [-0.2, -0.15) is 0 Å². The zero-order valence-electron chi connectivity index (χ0n) is 20.8. The quantitative estimate of drug-likeness (QED) is 0.187. The summed E-state index contributed by atoms with van der Waals surface area (Å²) in [5.74, 6) is -0.0625. The molecule has 0 bridgehead atoms. The third kappa shape index (κ3) is 6.02. The van der Waals surface area contributed by atoms with Gasteiger partial charge in [-0.25, -0.2) is 0 Å². The van der Waals surface area contributed by atoms with E-state index in [0.29, 0.717) is 0 Å². The first-order valence-electron chi connectivity index (χ1n) is 11.6. The molecule has 36 heavy (non-hydrogen) atoms. The fraction of sp³-hybridized carbons (Fsp3) is 0.133. The zero-order chi connectivity index (χ0) is 24.9. The van der Waals surface area contributed by atoms with Gasteiger partial charge in [0, 0.05) is 38.1 Å². The average molecular weight is 652 g/mol. The molecule has 183 valence electrons. The molecule has 1 aromatic heterocycles. The van der Waals surface area contributed by atoms with Crippen LogP contribution in [-0.4, -0.2) is 27.5 Å². The van der Waals surface area contributed by atoms with Gasteiger partial charge in [-0.15, -0.1) is 34.8 Å². The number of aromatic nitrogens is 1. The SMILES string of the molecule is CC(=O)/C=C(/C)O.Cc1cccc(C)c1B1c2c[c-]c(-c3ccccn3)cc2C=C2C=CC=CN12.[Ir]. The summed E-state index contributed by atoms with van der Waals surface area (Å²) in [6, 6.07) is 20.4. The third-order valence-electron chi connectivity index (χ3n) is 5.98. The fourth-order valence-corrected chi connectivity index (χ4v) is 4.53. The molecule has 4 nitrogen and oxygen atoms in total. The molecule has 2 aliphatic heterocycles. The van der Waals surface area contributed by atoms with Crippen molar-refractivity contribution in [3.63, 3.8) is 0 Å². The van der Waals surface area contributed by atoms with Gasteiger partial charge in [0.15, 0.2) is 5.78 Å². The second-order valence-corrected chi connectivity index (χ2v) is 8.75. The molecule has 1 N–H and O–H groups in total. The van der Waals surface area contributed by atoms with Crippen molar-refractivity contribution in [2.75, 3.05) is 0 Å².